The number of anilines is 1. The molecule has 2 aliphatic heterocycles. The van der Waals surface area contributed by atoms with Crippen LogP contribution in [0.3, 0.4) is 0 Å². The van der Waals surface area contributed by atoms with E-state index in [1.807, 2.05) is 0 Å². The lowest BCUT2D eigenvalue weighted by Crippen LogP contribution is -2.48. The van der Waals surface area contributed by atoms with E-state index in [9.17, 15) is 31.5 Å². The molecular weight excluding hydrogens is 573 g/mol. The number of carbonyl (C=O) groups is 2. The summed E-state index contributed by atoms with van der Waals surface area (Å²) < 4.78 is 69.8. The first-order valence-corrected chi connectivity index (χ1v) is 13.4. The zero-order chi connectivity index (χ0) is 29.3. The molecule has 2 saturated heterocycles. The van der Waals surface area contributed by atoms with Crippen molar-refractivity contribution in [3.05, 3.63) is 52.7 Å². The molecule has 3 atom stereocenters. The normalized spacial score (nSPS) is 24.8. The molecule has 41 heavy (non-hydrogen) atoms. The lowest BCUT2D eigenvalue weighted by Gasteiger charge is -2.29. The van der Waals surface area contributed by atoms with Crippen molar-refractivity contribution in [1.29, 1.82) is 0 Å². The Balaban J connectivity index is 1.17. The smallest absolute Gasteiger partial charge is 0.349 e. The van der Waals surface area contributed by atoms with Crippen LogP contribution >= 0.6 is 11.6 Å². The number of rotatable bonds is 6. The number of benzene rings is 1. The van der Waals surface area contributed by atoms with E-state index in [0.717, 1.165) is 42.6 Å². The molecule has 3 aliphatic rings. The Morgan fingerprint density at radius 2 is 1.83 bits per heavy atom. The maximum atomic E-state index is 13.7. The van der Waals surface area contributed by atoms with E-state index in [-0.39, 0.29) is 39.7 Å². The van der Waals surface area contributed by atoms with Gasteiger partial charge in [-0.05, 0) is 43.9 Å². The van der Waals surface area contributed by atoms with Crippen LogP contribution in [0.1, 0.15) is 64.8 Å². The van der Waals surface area contributed by atoms with Crippen molar-refractivity contribution < 1.29 is 31.5 Å². The van der Waals surface area contributed by atoms with Crippen LogP contribution in [0.5, 0.6) is 0 Å². The lowest BCUT2D eigenvalue weighted by molar-refractivity contribution is -0.141. The molecule has 2 amide bonds. The SMILES string of the molecule is Cn1c(-c2cn(C3CC3(F)F)nc2C(F)(F)F)cnc1C(=O)Nc1ccc(C(=O)NC2CC3CCC(C2)N3)c(Cl)c1. The van der Waals surface area contributed by atoms with Crippen LogP contribution in [-0.4, -0.2) is 55.2 Å². The van der Waals surface area contributed by atoms with Gasteiger partial charge in [0.05, 0.1) is 28.0 Å². The van der Waals surface area contributed by atoms with Gasteiger partial charge in [-0.15, -0.1) is 0 Å². The number of amides is 2. The van der Waals surface area contributed by atoms with Crippen molar-refractivity contribution >= 4 is 29.1 Å². The molecule has 3 N–H and O–H groups in total. The summed E-state index contributed by atoms with van der Waals surface area (Å²) >= 11 is 6.36. The highest BCUT2D eigenvalue weighted by Crippen LogP contribution is 2.53. The molecule has 2 bridgehead atoms. The average molecular weight is 598 g/mol. The predicted molar refractivity (Wildman–Crippen MR) is 138 cm³/mol. The number of piperidine rings is 1. The van der Waals surface area contributed by atoms with Crippen LogP contribution in [-0.2, 0) is 13.2 Å². The van der Waals surface area contributed by atoms with Crippen molar-refractivity contribution in [2.75, 3.05) is 5.32 Å². The Bertz CT molecular complexity index is 1520. The zero-order valence-electron chi connectivity index (χ0n) is 21.6. The maximum Gasteiger partial charge on any atom is 0.435 e. The molecule has 3 fully saturated rings. The minimum Gasteiger partial charge on any atom is -0.349 e. The summed E-state index contributed by atoms with van der Waals surface area (Å²) in [6.45, 7) is 0. The second-order valence-electron chi connectivity index (χ2n) is 10.8. The fourth-order valence-electron chi connectivity index (χ4n) is 5.71. The van der Waals surface area contributed by atoms with Crippen LogP contribution in [0.2, 0.25) is 5.02 Å². The zero-order valence-corrected chi connectivity index (χ0v) is 22.4. The van der Waals surface area contributed by atoms with Crippen molar-refractivity contribution in [2.24, 2.45) is 7.05 Å². The van der Waals surface area contributed by atoms with Crippen LogP contribution in [0, 0.1) is 0 Å². The maximum absolute atomic E-state index is 13.7. The molecule has 1 aromatic carbocycles. The molecule has 4 heterocycles. The number of imidazole rings is 1. The van der Waals surface area contributed by atoms with Crippen LogP contribution in [0.15, 0.2) is 30.6 Å². The van der Waals surface area contributed by atoms with Gasteiger partial charge in [0.2, 0.25) is 0 Å². The first kappa shape index (κ1) is 27.6. The van der Waals surface area contributed by atoms with Gasteiger partial charge in [-0.3, -0.25) is 14.3 Å². The number of hydrogen-bond acceptors (Lipinski definition) is 5. The molecule has 218 valence electrons. The summed E-state index contributed by atoms with van der Waals surface area (Å²) in [5.41, 5.74) is -1.48. The van der Waals surface area contributed by atoms with Gasteiger partial charge >= 0.3 is 6.18 Å². The van der Waals surface area contributed by atoms with Gasteiger partial charge in [0, 0.05) is 43.5 Å². The first-order valence-electron chi connectivity index (χ1n) is 13.0. The van der Waals surface area contributed by atoms with Crippen molar-refractivity contribution in [1.82, 2.24) is 30.0 Å². The first-order chi connectivity index (χ1) is 19.3. The average Bonchev–Trinajstić information content (AvgIpc) is 3.25. The van der Waals surface area contributed by atoms with Crippen molar-refractivity contribution in [2.45, 2.75) is 68.4 Å². The van der Waals surface area contributed by atoms with Crippen molar-refractivity contribution in [3.63, 3.8) is 0 Å². The molecule has 3 unspecified atom stereocenters. The number of carbonyl (C=O) groups excluding carboxylic acids is 2. The molecule has 0 spiro atoms. The van der Waals surface area contributed by atoms with E-state index in [2.05, 4.69) is 26.0 Å². The number of aromatic nitrogens is 4. The van der Waals surface area contributed by atoms with Crippen LogP contribution < -0.4 is 16.0 Å². The molecule has 1 saturated carbocycles. The monoisotopic (exact) mass is 597 g/mol. The molecule has 3 aromatic rings. The highest BCUT2D eigenvalue weighted by molar-refractivity contribution is 6.34. The van der Waals surface area contributed by atoms with Gasteiger partial charge in [-0.2, -0.15) is 18.3 Å². The van der Waals surface area contributed by atoms with Gasteiger partial charge in [0.15, 0.2) is 11.5 Å². The molecule has 0 radical (unpaired) electrons. The number of alkyl halides is 5. The second kappa shape index (κ2) is 9.79. The largest absolute Gasteiger partial charge is 0.435 e. The minimum atomic E-state index is -4.92. The third kappa shape index (κ3) is 5.30. The van der Waals surface area contributed by atoms with Gasteiger partial charge in [-0.1, -0.05) is 11.6 Å². The van der Waals surface area contributed by atoms with Gasteiger partial charge in [-0.25, -0.2) is 13.8 Å². The topological polar surface area (TPSA) is 106 Å². The molecule has 1 aliphatic carbocycles. The summed E-state index contributed by atoms with van der Waals surface area (Å²) in [7, 11) is 1.33. The van der Waals surface area contributed by atoms with Crippen LogP contribution in [0.4, 0.5) is 27.6 Å². The summed E-state index contributed by atoms with van der Waals surface area (Å²) in [5, 5.41) is 12.6. The van der Waals surface area contributed by atoms with Crippen LogP contribution in [0.25, 0.3) is 11.3 Å². The third-order valence-electron chi connectivity index (χ3n) is 7.86. The molecule has 15 heteroatoms. The summed E-state index contributed by atoms with van der Waals surface area (Å²) in [6, 6.07) is 3.74. The quantitative estimate of drug-likeness (QED) is 0.354. The van der Waals surface area contributed by atoms with E-state index < -0.39 is 41.7 Å². The highest BCUT2D eigenvalue weighted by Gasteiger charge is 2.59. The number of nitrogens with zero attached hydrogens (tertiary/aromatic N) is 4. The van der Waals surface area contributed by atoms with E-state index in [1.54, 1.807) is 0 Å². The van der Waals surface area contributed by atoms with E-state index >= 15 is 0 Å². The Morgan fingerprint density at radius 3 is 2.44 bits per heavy atom. The Labute approximate surface area is 235 Å². The Hall–Kier alpha value is -3.52. The van der Waals surface area contributed by atoms with E-state index in [4.69, 9.17) is 11.6 Å². The van der Waals surface area contributed by atoms with Gasteiger partial charge in [0.25, 0.3) is 17.7 Å². The predicted octanol–water partition coefficient (Wildman–Crippen LogP) is 4.80. The highest BCUT2D eigenvalue weighted by atomic mass is 35.5. The van der Waals surface area contributed by atoms with E-state index in [0.29, 0.717) is 16.8 Å². The summed E-state index contributed by atoms with van der Waals surface area (Å²) in [6.07, 6.45) is 0.291. The Morgan fingerprint density at radius 1 is 1.15 bits per heavy atom. The fourth-order valence-corrected chi connectivity index (χ4v) is 5.97. The molecular formula is C26H25ClF5N7O2. The summed E-state index contributed by atoms with van der Waals surface area (Å²) in [5.74, 6) is -4.45. The second-order valence-corrected chi connectivity index (χ2v) is 11.2. The molecule has 6 rings (SSSR count). The third-order valence-corrected chi connectivity index (χ3v) is 8.17. The lowest BCUT2D eigenvalue weighted by atomic mass is 9.99. The standard InChI is InChI=1S/C26H25ClF5N7O2/c1-38-19(17-11-39(20-9-25(20,28)29)37-21(17)26(30,31)32)10-33-22(38)24(41)35-14-4-5-16(18(27)8-14)23(40)36-15-6-12-2-3-13(7-15)34-12/h4-5,8,10-13,15,20,34H,2-3,6-7,9H2,1H3,(H,35,41)(H,36,40). The fraction of sp³-hybridized carbons (Fsp3) is 0.462. The van der Waals surface area contributed by atoms with Gasteiger partial charge in [0.1, 0.15) is 6.04 Å². The molecule has 9 nitrogen and oxygen atoms in total. The minimum absolute atomic E-state index is 0.0417. The number of halogens is 6. The molecule has 2 aromatic heterocycles. The van der Waals surface area contributed by atoms with E-state index in [1.165, 1.54) is 25.2 Å². The number of hydrogen-bond donors (Lipinski definition) is 3. The number of fused-ring (bicyclic) bond motifs is 2. The number of nitrogens with one attached hydrogen (secondary N) is 3. The Kier molecular flexibility index (Phi) is 6.60. The van der Waals surface area contributed by atoms with Crippen molar-refractivity contribution in [3.8, 4) is 11.3 Å². The summed E-state index contributed by atoms with van der Waals surface area (Å²) in [4.78, 5) is 29.8. The van der Waals surface area contributed by atoms with Gasteiger partial charge < -0.3 is 20.5 Å².